The number of carbonyl (C=O) groups is 1. The first-order valence-corrected chi connectivity index (χ1v) is 6.23. The Kier molecular flexibility index (Phi) is 3.75. The lowest BCUT2D eigenvalue weighted by Gasteiger charge is -2.04. The predicted octanol–water partition coefficient (Wildman–Crippen LogP) is 2.24. The van der Waals surface area contributed by atoms with Crippen molar-refractivity contribution in [3.05, 3.63) is 46.0 Å². The van der Waals surface area contributed by atoms with Crippen LogP contribution in [-0.2, 0) is 6.54 Å². The quantitative estimate of drug-likeness (QED) is 0.907. The highest BCUT2D eigenvalue weighted by atomic mass is 32.1. The molecule has 0 spiro atoms. The van der Waals surface area contributed by atoms with Crippen molar-refractivity contribution in [1.82, 2.24) is 10.3 Å². The highest BCUT2D eigenvalue weighted by Crippen LogP contribution is 2.19. The van der Waals surface area contributed by atoms with Gasteiger partial charge >= 0.3 is 0 Å². The number of nitrogens with two attached hydrogens (primary N) is 1. The maximum absolute atomic E-state index is 13.0. The number of hydrogen-bond acceptors (Lipinski definition) is 4. The zero-order valence-corrected chi connectivity index (χ0v) is 10.9. The summed E-state index contributed by atoms with van der Waals surface area (Å²) >= 11 is 1.07. The minimum absolute atomic E-state index is 0.0325. The third kappa shape index (κ3) is 3.25. The summed E-state index contributed by atoms with van der Waals surface area (Å²) in [5.41, 5.74) is 6.37. The van der Waals surface area contributed by atoms with Crippen molar-refractivity contribution in [3.63, 3.8) is 0 Å². The molecular weight excluding hydrogens is 272 g/mol. The standard InChI is InChI=1S/C12H11F2N3OS/c1-6-10(19-12(15)17-6)11(18)16-5-7-2-8(13)4-9(14)3-7/h2-4H,5H2,1H3,(H2,15,17)(H,16,18). The van der Waals surface area contributed by atoms with E-state index in [2.05, 4.69) is 10.3 Å². The van der Waals surface area contributed by atoms with Gasteiger partial charge in [-0.25, -0.2) is 13.8 Å². The van der Waals surface area contributed by atoms with Crippen molar-refractivity contribution in [1.29, 1.82) is 0 Å². The number of aryl methyl sites for hydroxylation is 1. The van der Waals surface area contributed by atoms with E-state index in [-0.39, 0.29) is 12.5 Å². The number of halogens is 2. The number of benzene rings is 1. The van der Waals surface area contributed by atoms with E-state index in [0.29, 0.717) is 21.3 Å². The summed E-state index contributed by atoms with van der Waals surface area (Å²) in [6.45, 7) is 1.70. The van der Waals surface area contributed by atoms with Gasteiger partial charge in [0.25, 0.3) is 5.91 Å². The average Bonchev–Trinajstić information content (AvgIpc) is 2.64. The van der Waals surface area contributed by atoms with Crippen LogP contribution in [0.25, 0.3) is 0 Å². The molecule has 0 radical (unpaired) electrons. The predicted molar refractivity (Wildman–Crippen MR) is 68.8 cm³/mol. The van der Waals surface area contributed by atoms with Gasteiger partial charge in [0.2, 0.25) is 0 Å². The monoisotopic (exact) mass is 283 g/mol. The third-order valence-corrected chi connectivity index (χ3v) is 3.38. The summed E-state index contributed by atoms with van der Waals surface area (Å²) in [5, 5.41) is 2.87. The molecule has 0 atom stereocenters. The van der Waals surface area contributed by atoms with E-state index >= 15 is 0 Å². The number of amides is 1. The number of nitrogen functional groups attached to an aromatic ring is 1. The fourth-order valence-electron chi connectivity index (χ4n) is 1.60. The van der Waals surface area contributed by atoms with Gasteiger partial charge in [0.1, 0.15) is 16.5 Å². The molecule has 0 bridgehead atoms. The SMILES string of the molecule is Cc1nc(N)sc1C(=O)NCc1cc(F)cc(F)c1. The Morgan fingerprint density at radius 1 is 1.37 bits per heavy atom. The molecule has 3 N–H and O–H groups in total. The fourth-order valence-corrected chi connectivity index (χ4v) is 2.35. The van der Waals surface area contributed by atoms with E-state index < -0.39 is 11.6 Å². The van der Waals surface area contributed by atoms with Crippen LogP contribution < -0.4 is 11.1 Å². The molecule has 19 heavy (non-hydrogen) atoms. The summed E-state index contributed by atoms with van der Waals surface area (Å²) < 4.78 is 25.9. The lowest BCUT2D eigenvalue weighted by Crippen LogP contribution is -2.22. The van der Waals surface area contributed by atoms with Crippen molar-refractivity contribution in [2.45, 2.75) is 13.5 Å². The summed E-state index contributed by atoms with van der Waals surface area (Å²) in [7, 11) is 0. The average molecular weight is 283 g/mol. The van der Waals surface area contributed by atoms with E-state index in [0.717, 1.165) is 29.5 Å². The Labute approximate surface area is 112 Å². The molecular formula is C12H11F2N3OS. The Bertz CT molecular complexity index is 607. The van der Waals surface area contributed by atoms with Gasteiger partial charge in [0, 0.05) is 12.6 Å². The van der Waals surface area contributed by atoms with Gasteiger partial charge in [-0.15, -0.1) is 0 Å². The highest BCUT2D eigenvalue weighted by Gasteiger charge is 2.13. The number of rotatable bonds is 3. The van der Waals surface area contributed by atoms with Gasteiger partial charge in [0.15, 0.2) is 5.13 Å². The molecule has 0 saturated carbocycles. The first-order chi connectivity index (χ1) is 8.95. The second-order valence-corrected chi connectivity index (χ2v) is 4.96. The van der Waals surface area contributed by atoms with E-state index in [4.69, 9.17) is 5.73 Å². The molecule has 7 heteroatoms. The lowest BCUT2D eigenvalue weighted by atomic mass is 10.2. The normalized spacial score (nSPS) is 10.5. The zero-order valence-electron chi connectivity index (χ0n) is 10.0. The first-order valence-electron chi connectivity index (χ1n) is 5.42. The lowest BCUT2D eigenvalue weighted by molar-refractivity contribution is 0.0954. The molecule has 0 saturated heterocycles. The number of nitrogens with zero attached hydrogens (tertiary/aromatic N) is 1. The summed E-state index contributed by atoms with van der Waals surface area (Å²) in [6, 6.07) is 3.11. The van der Waals surface area contributed by atoms with E-state index in [1.165, 1.54) is 0 Å². The van der Waals surface area contributed by atoms with E-state index in [1.807, 2.05) is 0 Å². The van der Waals surface area contributed by atoms with Gasteiger partial charge in [-0.1, -0.05) is 11.3 Å². The molecule has 2 rings (SSSR count). The van der Waals surface area contributed by atoms with Crippen LogP contribution in [-0.4, -0.2) is 10.9 Å². The molecule has 2 aromatic rings. The summed E-state index contributed by atoms with van der Waals surface area (Å²) in [5.74, 6) is -1.72. The molecule has 0 fully saturated rings. The van der Waals surface area contributed by atoms with Crippen LogP contribution in [0.2, 0.25) is 0 Å². The number of thiazole rings is 1. The van der Waals surface area contributed by atoms with Crippen molar-refractivity contribution < 1.29 is 13.6 Å². The highest BCUT2D eigenvalue weighted by molar-refractivity contribution is 7.17. The minimum Gasteiger partial charge on any atom is -0.375 e. The second kappa shape index (κ2) is 5.31. The van der Waals surface area contributed by atoms with Crippen LogP contribution in [0.4, 0.5) is 13.9 Å². The van der Waals surface area contributed by atoms with Crippen molar-refractivity contribution in [2.75, 3.05) is 5.73 Å². The van der Waals surface area contributed by atoms with Gasteiger partial charge in [-0.05, 0) is 24.6 Å². The fraction of sp³-hybridized carbons (Fsp3) is 0.167. The van der Waals surface area contributed by atoms with Crippen LogP contribution in [0.15, 0.2) is 18.2 Å². The minimum atomic E-state index is -0.678. The second-order valence-electron chi connectivity index (χ2n) is 3.93. The topological polar surface area (TPSA) is 68.0 Å². The third-order valence-electron chi connectivity index (χ3n) is 2.39. The molecule has 1 aromatic carbocycles. The molecule has 1 aromatic heterocycles. The molecule has 100 valence electrons. The Hall–Kier alpha value is -2.02. The number of nitrogens with one attached hydrogen (secondary N) is 1. The van der Waals surface area contributed by atoms with Crippen LogP contribution in [0.5, 0.6) is 0 Å². The van der Waals surface area contributed by atoms with E-state index in [9.17, 15) is 13.6 Å². The number of carbonyl (C=O) groups excluding carboxylic acids is 1. The van der Waals surface area contributed by atoms with Crippen LogP contribution >= 0.6 is 11.3 Å². The smallest absolute Gasteiger partial charge is 0.263 e. The Morgan fingerprint density at radius 2 is 2.00 bits per heavy atom. The van der Waals surface area contributed by atoms with Crippen LogP contribution in [0, 0.1) is 18.6 Å². The van der Waals surface area contributed by atoms with Crippen LogP contribution in [0.1, 0.15) is 20.9 Å². The van der Waals surface area contributed by atoms with Gasteiger partial charge in [-0.3, -0.25) is 4.79 Å². The van der Waals surface area contributed by atoms with Gasteiger partial charge in [0.05, 0.1) is 5.69 Å². The maximum atomic E-state index is 13.0. The molecule has 0 unspecified atom stereocenters. The molecule has 4 nitrogen and oxygen atoms in total. The van der Waals surface area contributed by atoms with Gasteiger partial charge in [-0.2, -0.15) is 0 Å². The van der Waals surface area contributed by atoms with Crippen molar-refractivity contribution in [2.24, 2.45) is 0 Å². The largest absolute Gasteiger partial charge is 0.375 e. The number of hydrogen-bond donors (Lipinski definition) is 2. The summed E-state index contributed by atoms with van der Waals surface area (Å²) in [6.07, 6.45) is 0. The Morgan fingerprint density at radius 3 is 2.53 bits per heavy atom. The summed E-state index contributed by atoms with van der Waals surface area (Å²) in [4.78, 5) is 16.2. The van der Waals surface area contributed by atoms with Crippen LogP contribution in [0.3, 0.4) is 0 Å². The molecule has 0 aliphatic heterocycles. The van der Waals surface area contributed by atoms with Crippen molar-refractivity contribution in [3.8, 4) is 0 Å². The van der Waals surface area contributed by atoms with Gasteiger partial charge < -0.3 is 11.1 Å². The molecule has 1 heterocycles. The van der Waals surface area contributed by atoms with E-state index in [1.54, 1.807) is 6.92 Å². The number of aromatic nitrogens is 1. The number of anilines is 1. The molecule has 0 aliphatic rings. The maximum Gasteiger partial charge on any atom is 0.263 e. The first kappa shape index (κ1) is 13.4. The molecule has 1 amide bonds. The van der Waals surface area contributed by atoms with Crippen molar-refractivity contribution >= 4 is 22.4 Å². The Balaban J connectivity index is 2.06. The zero-order chi connectivity index (χ0) is 14.0. The molecule has 0 aliphatic carbocycles.